The highest BCUT2D eigenvalue weighted by atomic mass is 32.2. The van der Waals surface area contributed by atoms with Crippen molar-refractivity contribution < 1.29 is 17.9 Å². The van der Waals surface area contributed by atoms with Gasteiger partial charge in [-0.2, -0.15) is 0 Å². The Morgan fingerprint density at radius 1 is 0.906 bits per heavy atom. The summed E-state index contributed by atoms with van der Waals surface area (Å²) in [6.07, 6.45) is 1.02. The van der Waals surface area contributed by atoms with Crippen molar-refractivity contribution in [1.29, 1.82) is 0 Å². The standard InChI is InChI=1S/C23H24N4O4S/c1-15-7-9-17(10-8-15)32(28,29)27-20-14-31-21-19(13-30-22(20)21)26-23-24-12-11-18(25-23)16-5-3-2-4-6-16/h2-12,19-22,27H,13-14H2,1H3,(H,24,25,26)/t19-,20+,21-,22+/m0/s1. The largest absolute Gasteiger partial charge is 0.371 e. The summed E-state index contributed by atoms with van der Waals surface area (Å²) >= 11 is 0. The van der Waals surface area contributed by atoms with Crippen molar-refractivity contribution in [3.8, 4) is 11.3 Å². The zero-order chi connectivity index (χ0) is 22.1. The van der Waals surface area contributed by atoms with E-state index in [1.165, 1.54) is 0 Å². The molecule has 32 heavy (non-hydrogen) atoms. The van der Waals surface area contributed by atoms with Crippen LogP contribution >= 0.6 is 0 Å². The summed E-state index contributed by atoms with van der Waals surface area (Å²) in [7, 11) is -3.67. The van der Waals surface area contributed by atoms with Gasteiger partial charge in [0.15, 0.2) is 0 Å². The Balaban J connectivity index is 1.26. The van der Waals surface area contributed by atoms with E-state index in [9.17, 15) is 8.42 Å². The predicted octanol–water partition coefficient (Wildman–Crippen LogP) is 2.38. The molecule has 8 nitrogen and oxygen atoms in total. The van der Waals surface area contributed by atoms with Gasteiger partial charge < -0.3 is 14.8 Å². The van der Waals surface area contributed by atoms with Gasteiger partial charge in [-0.15, -0.1) is 0 Å². The van der Waals surface area contributed by atoms with E-state index in [4.69, 9.17) is 9.47 Å². The molecular formula is C23H24N4O4S. The molecule has 0 spiro atoms. The van der Waals surface area contributed by atoms with Gasteiger partial charge in [0.05, 0.1) is 35.9 Å². The van der Waals surface area contributed by atoms with Gasteiger partial charge in [0.1, 0.15) is 12.2 Å². The minimum Gasteiger partial charge on any atom is -0.371 e. The first-order valence-corrected chi connectivity index (χ1v) is 12.0. The monoisotopic (exact) mass is 452 g/mol. The number of aryl methyl sites for hydroxylation is 1. The van der Waals surface area contributed by atoms with Crippen LogP contribution in [0.1, 0.15) is 5.56 Å². The Hall–Kier alpha value is -2.85. The zero-order valence-corrected chi connectivity index (χ0v) is 18.3. The molecule has 2 aromatic carbocycles. The van der Waals surface area contributed by atoms with Gasteiger partial charge in [-0.3, -0.25) is 0 Å². The number of fused-ring (bicyclic) bond motifs is 1. The highest BCUT2D eigenvalue weighted by Gasteiger charge is 2.49. The average molecular weight is 453 g/mol. The third-order valence-corrected chi connectivity index (χ3v) is 7.24. The van der Waals surface area contributed by atoms with Crippen LogP contribution in [0.5, 0.6) is 0 Å². The smallest absolute Gasteiger partial charge is 0.240 e. The molecule has 9 heteroatoms. The van der Waals surface area contributed by atoms with E-state index in [2.05, 4.69) is 20.0 Å². The molecule has 0 bridgehead atoms. The van der Waals surface area contributed by atoms with Gasteiger partial charge >= 0.3 is 0 Å². The van der Waals surface area contributed by atoms with Crippen LogP contribution in [0.3, 0.4) is 0 Å². The van der Waals surface area contributed by atoms with E-state index < -0.39 is 16.1 Å². The number of hydrogen-bond acceptors (Lipinski definition) is 7. The summed E-state index contributed by atoms with van der Waals surface area (Å²) in [5.74, 6) is 0.480. The molecule has 3 aromatic rings. The summed E-state index contributed by atoms with van der Waals surface area (Å²) < 4.78 is 40.1. The molecule has 1 aromatic heterocycles. The molecule has 0 radical (unpaired) electrons. The molecule has 3 heterocycles. The van der Waals surface area contributed by atoms with Gasteiger partial charge in [-0.25, -0.2) is 23.1 Å². The van der Waals surface area contributed by atoms with Crippen molar-refractivity contribution in [2.45, 2.75) is 36.1 Å². The van der Waals surface area contributed by atoms with Crippen LogP contribution in [-0.4, -0.2) is 55.9 Å². The first-order valence-electron chi connectivity index (χ1n) is 10.5. The quantitative estimate of drug-likeness (QED) is 0.592. The number of anilines is 1. The predicted molar refractivity (Wildman–Crippen MR) is 120 cm³/mol. The van der Waals surface area contributed by atoms with Crippen molar-refractivity contribution >= 4 is 16.0 Å². The fourth-order valence-electron chi connectivity index (χ4n) is 4.07. The summed E-state index contributed by atoms with van der Waals surface area (Å²) in [5.41, 5.74) is 2.82. The van der Waals surface area contributed by atoms with Crippen molar-refractivity contribution in [1.82, 2.24) is 14.7 Å². The molecule has 2 aliphatic heterocycles. The van der Waals surface area contributed by atoms with Gasteiger partial charge in [0.25, 0.3) is 0 Å². The number of aromatic nitrogens is 2. The van der Waals surface area contributed by atoms with Crippen LogP contribution < -0.4 is 10.0 Å². The second-order valence-corrected chi connectivity index (χ2v) is 9.73. The number of nitrogens with one attached hydrogen (secondary N) is 2. The maximum atomic E-state index is 12.8. The number of hydrogen-bond donors (Lipinski definition) is 2. The van der Waals surface area contributed by atoms with Crippen molar-refractivity contribution in [2.24, 2.45) is 0 Å². The summed E-state index contributed by atoms with van der Waals surface area (Å²) in [4.78, 5) is 9.15. The highest BCUT2D eigenvalue weighted by Crippen LogP contribution is 2.30. The third kappa shape index (κ3) is 4.24. The van der Waals surface area contributed by atoms with Crippen molar-refractivity contribution in [3.63, 3.8) is 0 Å². The first-order chi connectivity index (χ1) is 15.5. The second kappa shape index (κ2) is 8.59. The molecule has 0 aliphatic carbocycles. The van der Waals surface area contributed by atoms with E-state index in [0.29, 0.717) is 12.6 Å². The summed E-state index contributed by atoms with van der Waals surface area (Å²) in [5, 5.41) is 3.29. The summed E-state index contributed by atoms with van der Waals surface area (Å²) in [6, 6.07) is 17.8. The molecule has 0 unspecified atom stereocenters. The number of benzene rings is 2. The van der Waals surface area contributed by atoms with Crippen LogP contribution in [0.2, 0.25) is 0 Å². The van der Waals surface area contributed by atoms with Gasteiger partial charge in [0.2, 0.25) is 16.0 Å². The zero-order valence-electron chi connectivity index (χ0n) is 17.5. The minimum atomic E-state index is -3.67. The lowest BCUT2D eigenvalue weighted by Crippen LogP contribution is -2.44. The molecule has 0 saturated carbocycles. The molecule has 2 N–H and O–H groups in total. The minimum absolute atomic E-state index is 0.181. The molecule has 2 aliphatic rings. The van der Waals surface area contributed by atoms with Gasteiger partial charge in [-0.05, 0) is 25.1 Å². The van der Waals surface area contributed by atoms with E-state index >= 15 is 0 Å². The SMILES string of the molecule is Cc1ccc(S(=O)(=O)N[C@@H]2CO[C@@H]3[C@@H]2OC[C@@H]3Nc2nccc(-c3ccccc3)n2)cc1. The van der Waals surface area contributed by atoms with Crippen LogP contribution in [0.25, 0.3) is 11.3 Å². The molecule has 4 atom stereocenters. The maximum Gasteiger partial charge on any atom is 0.240 e. The number of nitrogens with zero attached hydrogens (tertiary/aromatic N) is 2. The molecule has 2 fully saturated rings. The maximum absolute atomic E-state index is 12.8. The Bertz CT molecular complexity index is 1190. The second-order valence-electron chi connectivity index (χ2n) is 8.02. The number of ether oxygens (including phenoxy) is 2. The van der Waals surface area contributed by atoms with E-state index in [-0.39, 0.29) is 29.8 Å². The van der Waals surface area contributed by atoms with Gasteiger partial charge in [0, 0.05) is 11.8 Å². The Labute approximate surface area is 187 Å². The Morgan fingerprint density at radius 2 is 1.59 bits per heavy atom. The fourth-order valence-corrected chi connectivity index (χ4v) is 5.30. The van der Waals surface area contributed by atoms with Crippen molar-refractivity contribution in [3.05, 3.63) is 72.4 Å². The van der Waals surface area contributed by atoms with Crippen molar-refractivity contribution in [2.75, 3.05) is 18.5 Å². The first kappa shape index (κ1) is 21.0. The number of rotatable bonds is 6. The lowest BCUT2D eigenvalue weighted by atomic mass is 10.1. The Morgan fingerprint density at radius 3 is 2.34 bits per heavy atom. The lowest BCUT2D eigenvalue weighted by Gasteiger charge is -2.18. The molecule has 166 valence electrons. The van der Waals surface area contributed by atoms with Crippen LogP contribution in [0.4, 0.5) is 5.95 Å². The summed E-state index contributed by atoms with van der Waals surface area (Å²) in [6.45, 7) is 2.53. The molecule has 5 rings (SSSR count). The van der Waals surface area contributed by atoms with Crippen LogP contribution in [0.15, 0.2) is 71.8 Å². The van der Waals surface area contributed by atoms with E-state index in [1.807, 2.05) is 43.3 Å². The lowest BCUT2D eigenvalue weighted by molar-refractivity contribution is 0.0690. The third-order valence-electron chi connectivity index (χ3n) is 5.73. The Kier molecular flexibility index (Phi) is 5.64. The highest BCUT2D eigenvalue weighted by molar-refractivity contribution is 7.89. The average Bonchev–Trinajstić information content (AvgIpc) is 3.38. The fraction of sp³-hybridized carbons (Fsp3) is 0.304. The topological polar surface area (TPSA) is 102 Å². The van der Waals surface area contributed by atoms with E-state index in [0.717, 1.165) is 16.8 Å². The number of sulfonamides is 1. The molecule has 0 amide bonds. The molecule has 2 saturated heterocycles. The van der Waals surface area contributed by atoms with Crippen LogP contribution in [0, 0.1) is 6.92 Å². The van der Waals surface area contributed by atoms with Crippen LogP contribution in [-0.2, 0) is 19.5 Å². The van der Waals surface area contributed by atoms with E-state index in [1.54, 1.807) is 30.5 Å². The molecular weight excluding hydrogens is 428 g/mol. The normalized spacial score (nSPS) is 24.9. The van der Waals surface area contributed by atoms with Gasteiger partial charge in [-0.1, -0.05) is 48.0 Å².